The summed E-state index contributed by atoms with van der Waals surface area (Å²) in [5.41, 5.74) is -0.435. The monoisotopic (exact) mass is 245 g/mol. The Labute approximate surface area is 97.6 Å². The molecule has 0 radical (unpaired) electrons. The summed E-state index contributed by atoms with van der Waals surface area (Å²) >= 11 is 0. The second-order valence-electron chi connectivity index (χ2n) is 4.19. The van der Waals surface area contributed by atoms with E-state index >= 15 is 0 Å². The van der Waals surface area contributed by atoms with Crippen LogP contribution >= 0.6 is 0 Å². The lowest BCUT2D eigenvalue weighted by Crippen LogP contribution is -2.49. The summed E-state index contributed by atoms with van der Waals surface area (Å²) in [7, 11) is 0. The Hall–Kier alpha value is -1.30. The molecule has 0 spiro atoms. The average Bonchev–Trinajstić information content (AvgIpc) is 2.28. The lowest BCUT2D eigenvalue weighted by atomic mass is 10.1. The summed E-state index contributed by atoms with van der Waals surface area (Å²) in [5.74, 6) is 0. The first-order valence-corrected chi connectivity index (χ1v) is 5.48. The zero-order chi connectivity index (χ0) is 12.5. The molecule has 1 aromatic heterocycles. The first kappa shape index (κ1) is 12.2. The lowest BCUT2D eigenvalue weighted by molar-refractivity contribution is -0.137. The van der Waals surface area contributed by atoms with Crippen molar-refractivity contribution in [2.75, 3.05) is 24.5 Å². The van der Waals surface area contributed by atoms with Crippen LogP contribution in [0.1, 0.15) is 12.5 Å². The molecule has 0 bridgehead atoms. The van der Waals surface area contributed by atoms with Gasteiger partial charge in [0.15, 0.2) is 0 Å². The normalized spacial score (nSPS) is 21.6. The van der Waals surface area contributed by atoms with Gasteiger partial charge in [-0.2, -0.15) is 13.2 Å². The van der Waals surface area contributed by atoms with E-state index < -0.39 is 11.7 Å². The van der Waals surface area contributed by atoms with Crippen molar-refractivity contribution < 1.29 is 13.2 Å². The highest BCUT2D eigenvalue weighted by molar-refractivity contribution is 5.53. The SMILES string of the molecule is CC1CN(c2cnccc2C(F)(F)F)CCN1. The molecular formula is C11H14F3N3. The van der Waals surface area contributed by atoms with Gasteiger partial charge in [0.1, 0.15) is 0 Å². The Morgan fingerprint density at radius 2 is 2.24 bits per heavy atom. The van der Waals surface area contributed by atoms with Gasteiger partial charge in [0, 0.05) is 31.9 Å². The van der Waals surface area contributed by atoms with Crippen molar-refractivity contribution in [3.8, 4) is 0 Å². The van der Waals surface area contributed by atoms with Gasteiger partial charge in [0.25, 0.3) is 0 Å². The Balaban J connectivity index is 2.31. The standard InChI is InChI=1S/C11H14F3N3/c1-8-7-17(5-4-16-8)10-6-15-3-2-9(10)11(12,13)14/h2-3,6,8,16H,4-5,7H2,1H3. The second-order valence-corrected chi connectivity index (χ2v) is 4.19. The van der Waals surface area contributed by atoms with E-state index in [9.17, 15) is 13.2 Å². The molecular weight excluding hydrogens is 231 g/mol. The van der Waals surface area contributed by atoms with Crippen molar-refractivity contribution in [2.24, 2.45) is 0 Å². The number of hydrogen-bond donors (Lipinski definition) is 1. The van der Waals surface area contributed by atoms with Gasteiger partial charge in [0.05, 0.1) is 17.4 Å². The van der Waals surface area contributed by atoms with Crippen molar-refractivity contribution >= 4 is 5.69 Å². The summed E-state index contributed by atoms with van der Waals surface area (Å²) in [6.07, 6.45) is -1.86. The Morgan fingerprint density at radius 3 is 2.88 bits per heavy atom. The molecule has 0 aromatic carbocycles. The van der Waals surface area contributed by atoms with Crippen molar-refractivity contribution in [1.29, 1.82) is 0 Å². The van der Waals surface area contributed by atoms with Crippen LogP contribution in [0.4, 0.5) is 18.9 Å². The van der Waals surface area contributed by atoms with E-state index in [0.717, 1.165) is 6.07 Å². The van der Waals surface area contributed by atoms with Gasteiger partial charge >= 0.3 is 6.18 Å². The average molecular weight is 245 g/mol. The summed E-state index contributed by atoms with van der Waals surface area (Å²) in [6, 6.07) is 1.22. The molecule has 94 valence electrons. The minimum absolute atomic E-state index is 0.174. The summed E-state index contributed by atoms with van der Waals surface area (Å²) in [4.78, 5) is 5.53. The minimum Gasteiger partial charge on any atom is -0.367 e. The molecule has 1 aliphatic rings. The molecule has 0 saturated carbocycles. The number of alkyl halides is 3. The zero-order valence-electron chi connectivity index (χ0n) is 9.46. The van der Waals surface area contributed by atoms with Gasteiger partial charge in [0.2, 0.25) is 0 Å². The Bertz CT molecular complexity index is 392. The van der Waals surface area contributed by atoms with Gasteiger partial charge in [-0.15, -0.1) is 0 Å². The van der Waals surface area contributed by atoms with Crippen LogP contribution in [0.5, 0.6) is 0 Å². The van der Waals surface area contributed by atoms with Crippen LogP contribution < -0.4 is 10.2 Å². The van der Waals surface area contributed by atoms with Crippen molar-refractivity contribution in [2.45, 2.75) is 19.1 Å². The van der Waals surface area contributed by atoms with Gasteiger partial charge in [-0.05, 0) is 13.0 Å². The fourth-order valence-corrected chi connectivity index (χ4v) is 2.03. The molecule has 1 saturated heterocycles. The molecule has 1 N–H and O–H groups in total. The first-order chi connectivity index (χ1) is 7.98. The van der Waals surface area contributed by atoms with Gasteiger partial charge < -0.3 is 10.2 Å². The second kappa shape index (κ2) is 4.52. The third kappa shape index (κ3) is 2.69. The quantitative estimate of drug-likeness (QED) is 0.819. The summed E-state index contributed by atoms with van der Waals surface area (Å²) < 4.78 is 38.5. The molecule has 1 unspecified atom stereocenters. The van der Waals surface area contributed by atoms with E-state index in [4.69, 9.17) is 0 Å². The number of pyridine rings is 1. The largest absolute Gasteiger partial charge is 0.418 e. The van der Waals surface area contributed by atoms with E-state index in [1.54, 1.807) is 4.90 Å². The topological polar surface area (TPSA) is 28.2 Å². The highest BCUT2D eigenvalue weighted by atomic mass is 19.4. The number of nitrogens with zero attached hydrogens (tertiary/aromatic N) is 2. The van der Waals surface area contributed by atoms with Gasteiger partial charge in [-0.3, -0.25) is 4.98 Å². The molecule has 0 amide bonds. The molecule has 0 aliphatic carbocycles. The number of nitrogens with one attached hydrogen (secondary N) is 1. The van der Waals surface area contributed by atoms with Crippen LogP contribution in [-0.2, 0) is 6.18 Å². The first-order valence-electron chi connectivity index (χ1n) is 5.48. The van der Waals surface area contributed by atoms with Crippen LogP contribution in [0.2, 0.25) is 0 Å². The maximum absolute atomic E-state index is 12.8. The summed E-state index contributed by atoms with van der Waals surface area (Å²) in [6.45, 7) is 3.77. The fraction of sp³-hybridized carbons (Fsp3) is 0.545. The van der Waals surface area contributed by atoms with E-state index in [2.05, 4.69) is 10.3 Å². The predicted molar refractivity (Wildman–Crippen MR) is 58.9 cm³/mol. The van der Waals surface area contributed by atoms with E-state index in [1.807, 2.05) is 6.92 Å². The molecule has 17 heavy (non-hydrogen) atoms. The Morgan fingerprint density at radius 1 is 1.47 bits per heavy atom. The van der Waals surface area contributed by atoms with Gasteiger partial charge in [-0.25, -0.2) is 0 Å². The fourth-order valence-electron chi connectivity index (χ4n) is 2.03. The third-order valence-corrected chi connectivity index (χ3v) is 2.81. The maximum Gasteiger partial charge on any atom is 0.418 e. The van der Waals surface area contributed by atoms with E-state index in [1.165, 1.54) is 12.4 Å². The number of aromatic nitrogens is 1. The van der Waals surface area contributed by atoms with Gasteiger partial charge in [-0.1, -0.05) is 0 Å². The van der Waals surface area contributed by atoms with Crippen molar-refractivity contribution in [3.63, 3.8) is 0 Å². The van der Waals surface area contributed by atoms with Crippen molar-refractivity contribution in [3.05, 3.63) is 24.0 Å². The molecule has 3 nitrogen and oxygen atoms in total. The predicted octanol–water partition coefficient (Wildman–Crippen LogP) is 1.90. The molecule has 1 aromatic rings. The number of anilines is 1. The maximum atomic E-state index is 12.8. The van der Waals surface area contributed by atoms with E-state index in [0.29, 0.717) is 19.6 Å². The highest BCUT2D eigenvalue weighted by Crippen LogP contribution is 2.36. The molecule has 2 heterocycles. The minimum atomic E-state index is -4.33. The molecule has 1 fully saturated rings. The lowest BCUT2D eigenvalue weighted by Gasteiger charge is -2.34. The molecule has 6 heteroatoms. The highest BCUT2D eigenvalue weighted by Gasteiger charge is 2.35. The van der Waals surface area contributed by atoms with Crippen LogP contribution in [0, 0.1) is 0 Å². The summed E-state index contributed by atoms with van der Waals surface area (Å²) in [5, 5.41) is 3.20. The molecule has 1 atom stereocenters. The molecule has 1 aliphatic heterocycles. The van der Waals surface area contributed by atoms with E-state index in [-0.39, 0.29) is 11.7 Å². The van der Waals surface area contributed by atoms with Crippen molar-refractivity contribution in [1.82, 2.24) is 10.3 Å². The number of rotatable bonds is 1. The van der Waals surface area contributed by atoms with Crippen LogP contribution in [0.25, 0.3) is 0 Å². The molecule has 2 rings (SSSR count). The van der Waals surface area contributed by atoms with Crippen LogP contribution in [-0.4, -0.2) is 30.7 Å². The smallest absolute Gasteiger partial charge is 0.367 e. The number of hydrogen-bond acceptors (Lipinski definition) is 3. The van der Waals surface area contributed by atoms with Crippen LogP contribution in [0.15, 0.2) is 18.5 Å². The number of piperazine rings is 1. The van der Waals surface area contributed by atoms with Crippen LogP contribution in [0.3, 0.4) is 0 Å². The number of halogens is 3. The third-order valence-electron chi connectivity index (χ3n) is 2.81. The Kier molecular flexibility index (Phi) is 3.24. The zero-order valence-corrected chi connectivity index (χ0v) is 9.46.